The van der Waals surface area contributed by atoms with Crippen molar-refractivity contribution in [3.05, 3.63) is 71.6 Å². The van der Waals surface area contributed by atoms with E-state index in [9.17, 15) is 4.79 Å². The molecule has 0 spiro atoms. The second kappa shape index (κ2) is 18.1. The van der Waals surface area contributed by atoms with Gasteiger partial charge in [0.15, 0.2) is 0 Å². The van der Waals surface area contributed by atoms with E-state index in [4.69, 9.17) is 10.1 Å². The summed E-state index contributed by atoms with van der Waals surface area (Å²) in [5.41, 5.74) is 5.32. The van der Waals surface area contributed by atoms with E-state index in [1.807, 2.05) is 53.8 Å². The molecule has 0 bridgehead atoms. The summed E-state index contributed by atoms with van der Waals surface area (Å²) in [6, 6.07) is 8.74. The number of carbonyl (C=O) groups is 1. The Labute approximate surface area is 230 Å². The topological polar surface area (TPSA) is 86.4 Å². The summed E-state index contributed by atoms with van der Waals surface area (Å²) in [5, 5.41) is 12.4. The van der Waals surface area contributed by atoms with E-state index in [1.54, 1.807) is 6.08 Å². The molecule has 1 saturated carbocycles. The second-order valence-electron chi connectivity index (χ2n) is 9.37. The minimum absolute atomic E-state index is 0.298. The first-order valence-electron chi connectivity index (χ1n) is 14.0. The van der Waals surface area contributed by atoms with Crippen molar-refractivity contribution in [2.24, 2.45) is 20.9 Å². The van der Waals surface area contributed by atoms with Crippen molar-refractivity contribution >= 4 is 23.4 Å². The van der Waals surface area contributed by atoms with E-state index >= 15 is 0 Å². The van der Waals surface area contributed by atoms with Crippen molar-refractivity contribution in [2.75, 3.05) is 6.54 Å². The molecule has 38 heavy (non-hydrogen) atoms. The highest BCUT2D eigenvalue weighted by atomic mass is 16.4. The largest absolute Gasteiger partial charge is 0.481 e. The molecular formula is C32H48N4O2. The van der Waals surface area contributed by atoms with E-state index in [0.717, 1.165) is 54.6 Å². The molecule has 2 rings (SSSR count). The summed E-state index contributed by atoms with van der Waals surface area (Å²) in [6.45, 7) is 18.4. The number of carboxylic acid groups (broad SMARTS) is 1. The SMILES string of the molecule is C=C/C=C(\C)NC(=NC(C)=NCC)/C(C)=C/N=C(CC)c1ccc(C2CCC(CC(=O)O)CC2)cc1.CC. The Bertz CT molecular complexity index is 1040. The van der Waals surface area contributed by atoms with Gasteiger partial charge in [0.05, 0.1) is 0 Å². The number of benzene rings is 1. The van der Waals surface area contributed by atoms with E-state index in [-0.39, 0.29) is 0 Å². The Balaban J connectivity index is 0.00000352. The Morgan fingerprint density at radius 2 is 1.71 bits per heavy atom. The first-order chi connectivity index (χ1) is 18.3. The Hall–Kier alpha value is -3.28. The Morgan fingerprint density at radius 3 is 2.24 bits per heavy atom. The predicted octanol–water partition coefficient (Wildman–Crippen LogP) is 8.08. The molecule has 0 heterocycles. The van der Waals surface area contributed by atoms with Crippen molar-refractivity contribution in [1.82, 2.24) is 5.32 Å². The lowest BCUT2D eigenvalue weighted by Crippen LogP contribution is -2.23. The third kappa shape index (κ3) is 11.4. The second-order valence-corrected chi connectivity index (χ2v) is 9.37. The molecule has 0 unspecified atom stereocenters. The maximum Gasteiger partial charge on any atom is 0.303 e. The van der Waals surface area contributed by atoms with Crippen LogP contribution < -0.4 is 5.32 Å². The van der Waals surface area contributed by atoms with Crippen LogP contribution in [0.3, 0.4) is 0 Å². The molecule has 0 aliphatic heterocycles. The molecule has 1 fully saturated rings. The zero-order valence-corrected chi connectivity index (χ0v) is 24.6. The van der Waals surface area contributed by atoms with Crippen molar-refractivity contribution in [2.45, 2.75) is 92.9 Å². The van der Waals surface area contributed by atoms with Gasteiger partial charge in [0.2, 0.25) is 0 Å². The summed E-state index contributed by atoms with van der Waals surface area (Å²) >= 11 is 0. The highest BCUT2D eigenvalue weighted by Crippen LogP contribution is 2.37. The first kappa shape index (κ1) is 32.7. The van der Waals surface area contributed by atoms with Gasteiger partial charge in [0, 0.05) is 36.1 Å². The molecule has 0 aromatic heterocycles. The Kier molecular flexibility index (Phi) is 15.6. The van der Waals surface area contributed by atoms with Crippen LogP contribution in [-0.2, 0) is 4.79 Å². The molecule has 6 nitrogen and oxygen atoms in total. The van der Waals surface area contributed by atoms with Crippen molar-refractivity contribution in [1.29, 1.82) is 0 Å². The zero-order valence-electron chi connectivity index (χ0n) is 24.6. The molecular weight excluding hydrogens is 472 g/mol. The summed E-state index contributed by atoms with van der Waals surface area (Å²) in [7, 11) is 0. The molecule has 1 aliphatic carbocycles. The molecule has 208 valence electrons. The van der Waals surface area contributed by atoms with Crippen LogP contribution in [0.1, 0.15) is 104 Å². The van der Waals surface area contributed by atoms with Crippen LogP contribution in [0.2, 0.25) is 0 Å². The average molecular weight is 521 g/mol. The number of allylic oxidation sites excluding steroid dienone is 3. The number of carboxylic acids is 1. The van der Waals surface area contributed by atoms with Gasteiger partial charge >= 0.3 is 5.97 Å². The smallest absolute Gasteiger partial charge is 0.303 e. The van der Waals surface area contributed by atoms with Gasteiger partial charge in [-0.2, -0.15) is 0 Å². The maximum absolute atomic E-state index is 11.0. The van der Waals surface area contributed by atoms with Gasteiger partial charge in [0.25, 0.3) is 0 Å². The van der Waals surface area contributed by atoms with E-state index < -0.39 is 5.97 Å². The molecule has 6 heteroatoms. The van der Waals surface area contributed by atoms with Gasteiger partial charge in [0.1, 0.15) is 11.7 Å². The average Bonchev–Trinajstić information content (AvgIpc) is 2.90. The molecule has 1 aliphatic rings. The quantitative estimate of drug-likeness (QED) is 0.186. The Morgan fingerprint density at radius 1 is 1.08 bits per heavy atom. The first-order valence-corrected chi connectivity index (χ1v) is 14.0. The van der Waals surface area contributed by atoms with E-state index in [0.29, 0.717) is 36.5 Å². The number of nitrogens with zero attached hydrogens (tertiary/aromatic N) is 3. The van der Waals surface area contributed by atoms with Crippen LogP contribution >= 0.6 is 0 Å². The normalized spacial score (nSPS) is 19.4. The lowest BCUT2D eigenvalue weighted by atomic mass is 9.77. The summed E-state index contributed by atoms with van der Waals surface area (Å²) in [4.78, 5) is 24.9. The predicted molar refractivity (Wildman–Crippen MR) is 164 cm³/mol. The summed E-state index contributed by atoms with van der Waals surface area (Å²) in [5.74, 6) is 1.58. The van der Waals surface area contributed by atoms with E-state index in [2.05, 4.69) is 53.1 Å². The lowest BCUT2D eigenvalue weighted by molar-refractivity contribution is -0.138. The van der Waals surface area contributed by atoms with Crippen molar-refractivity contribution in [3.8, 4) is 0 Å². The number of hydrogen-bond acceptors (Lipinski definition) is 3. The number of hydrogen-bond donors (Lipinski definition) is 2. The van der Waals surface area contributed by atoms with Gasteiger partial charge in [-0.3, -0.25) is 14.8 Å². The van der Waals surface area contributed by atoms with Gasteiger partial charge in [-0.05, 0) is 88.8 Å². The fraction of sp³-hybridized carbons (Fsp3) is 0.500. The number of aliphatic imine (C=N–C) groups is 3. The van der Waals surface area contributed by atoms with Gasteiger partial charge in [-0.1, -0.05) is 57.7 Å². The van der Waals surface area contributed by atoms with Crippen LogP contribution in [0, 0.1) is 5.92 Å². The molecule has 0 amide bonds. The third-order valence-corrected chi connectivity index (χ3v) is 6.49. The molecule has 0 atom stereocenters. The minimum Gasteiger partial charge on any atom is -0.481 e. The zero-order chi connectivity index (χ0) is 28.5. The summed E-state index contributed by atoms with van der Waals surface area (Å²) in [6.07, 6.45) is 10.7. The van der Waals surface area contributed by atoms with Crippen molar-refractivity contribution in [3.63, 3.8) is 0 Å². The minimum atomic E-state index is -0.680. The highest BCUT2D eigenvalue weighted by Gasteiger charge is 2.24. The molecule has 1 aromatic rings. The number of amidine groups is 2. The molecule has 0 saturated heterocycles. The lowest BCUT2D eigenvalue weighted by Gasteiger charge is -2.28. The highest BCUT2D eigenvalue weighted by molar-refractivity contribution is 6.06. The van der Waals surface area contributed by atoms with Crippen LogP contribution in [0.5, 0.6) is 0 Å². The third-order valence-electron chi connectivity index (χ3n) is 6.49. The maximum atomic E-state index is 11.0. The van der Waals surface area contributed by atoms with Crippen LogP contribution in [0.15, 0.2) is 75.4 Å². The van der Waals surface area contributed by atoms with Gasteiger partial charge < -0.3 is 10.4 Å². The number of rotatable bonds is 10. The monoisotopic (exact) mass is 520 g/mol. The number of nitrogens with one attached hydrogen (secondary N) is 1. The molecule has 2 N–H and O–H groups in total. The number of aliphatic carboxylic acids is 1. The van der Waals surface area contributed by atoms with Gasteiger partial charge in [-0.15, -0.1) is 0 Å². The van der Waals surface area contributed by atoms with E-state index in [1.165, 1.54) is 5.56 Å². The molecule has 0 radical (unpaired) electrons. The standard InChI is InChI=1S/C30H42N4O2.C2H6/c1-7-10-22(5)33-30(34-23(6)31-9-3)21(4)20-32-28(8-2)27-17-15-26(16-18-27)25-13-11-24(12-14-25)19-29(35)36;1-2/h7,10,15-18,20,24-25H,1,8-9,11-14,19H2,2-6H3,(H,35,36)(H,31,33,34);1-2H3/b21-20+,22-10+,32-28?;. The van der Waals surface area contributed by atoms with Crippen LogP contribution in [-0.4, -0.2) is 35.0 Å². The summed E-state index contributed by atoms with van der Waals surface area (Å²) < 4.78 is 0. The fourth-order valence-corrected chi connectivity index (χ4v) is 4.55. The molecule has 1 aromatic carbocycles. The van der Waals surface area contributed by atoms with Crippen LogP contribution in [0.4, 0.5) is 0 Å². The van der Waals surface area contributed by atoms with Crippen LogP contribution in [0.25, 0.3) is 0 Å². The van der Waals surface area contributed by atoms with Gasteiger partial charge in [-0.25, -0.2) is 4.99 Å². The van der Waals surface area contributed by atoms with Crippen molar-refractivity contribution < 1.29 is 9.90 Å². The fourth-order valence-electron chi connectivity index (χ4n) is 4.55.